The molecule has 6 nitrogen and oxygen atoms in total. The van der Waals surface area contributed by atoms with Crippen LogP contribution in [0, 0.1) is 0 Å². The van der Waals surface area contributed by atoms with E-state index in [9.17, 15) is 9.59 Å². The number of imidazole rings is 1. The molecule has 2 amide bonds. The van der Waals surface area contributed by atoms with Gasteiger partial charge in [0.1, 0.15) is 0 Å². The smallest absolute Gasteiger partial charge is 0.254 e. The lowest BCUT2D eigenvalue weighted by Crippen LogP contribution is -2.40. The van der Waals surface area contributed by atoms with Crippen molar-refractivity contribution in [1.82, 2.24) is 19.4 Å². The van der Waals surface area contributed by atoms with Crippen molar-refractivity contribution < 1.29 is 9.59 Å². The maximum absolute atomic E-state index is 12.8. The van der Waals surface area contributed by atoms with Gasteiger partial charge in [0.15, 0.2) is 0 Å². The van der Waals surface area contributed by atoms with E-state index in [1.54, 1.807) is 12.5 Å². The van der Waals surface area contributed by atoms with Crippen LogP contribution in [0.15, 0.2) is 49.1 Å². The summed E-state index contributed by atoms with van der Waals surface area (Å²) in [7, 11) is 0. The zero-order valence-corrected chi connectivity index (χ0v) is 14.1. The van der Waals surface area contributed by atoms with Crippen molar-refractivity contribution in [3.63, 3.8) is 0 Å². The average molecular weight is 338 g/mol. The van der Waals surface area contributed by atoms with Crippen molar-refractivity contribution in [2.75, 3.05) is 13.1 Å². The fourth-order valence-corrected chi connectivity index (χ4v) is 4.06. The lowest BCUT2D eigenvalue weighted by Gasteiger charge is -2.25. The van der Waals surface area contributed by atoms with Crippen molar-refractivity contribution >= 4 is 11.8 Å². The standard InChI is InChI=1S/C19H22N4O2/c24-18-13-17-16(22(18)10-4-9-21-12-8-20-14-21)7-11-23(17)19(25)15-5-2-1-3-6-15/h1-3,5-6,8,12,14,16-17H,4,7,9-11,13H2. The number of nitrogens with zero attached hydrogens (tertiary/aromatic N) is 4. The first-order valence-corrected chi connectivity index (χ1v) is 8.85. The summed E-state index contributed by atoms with van der Waals surface area (Å²) >= 11 is 0. The Labute approximate surface area is 147 Å². The van der Waals surface area contributed by atoms with E-state index in [0.29, 0.717) is 12.0 Å². The van der Waals surface area contributed by atoms with Gasteiger partial charge in [0.2, 0.25) is 5.91 Å². The van der Waals surface area contributed by atoms with Gasteiger partial charge in [-0.1, -0.05) is 18.2 Å². The number of amides is 2. The first-order valence-electron chi connectivity index (χ1n) is 8.85. The summed E-state index contributed by atoms with van der Waals surface area (Å²) in [6, 6.07) is 9.54. The summed E-state index contributed by atoms with van der Waals surface area (Å²) in [6.07, 6.45) is 7.72. The Morgan fingerprint density at radius 1 is 1.16 bits per heavy atom. The van der Waals surface area contributed by atoms with E-state index in [0.717, 1.165) is 32.5 Å². The second kappa shape index (κ2) is 6.70. The van der Waals surface area contributed by atoms with Gasteiger partial charge in [-0.05, 0) is 25.0 Å². The van der Waals surface area contributed by atoms with Gasteiger partial charge in [-0.2, -0.15) is 0 Å². The molecule has 2 aromatic rings. The van der Waals surface area contributed by atoms with E-state index in [1.165, 1.54) is 0 Å². The highest BCUT2D eigenvalue weighted by atomic mass is 16.2. The molecule has 0 saturated carbocycles. The van der Waals surface area contributed by atoms with Crippen LogP contribution in [0.2, 0.25) is 0 Å². The predicted octanol–water partition coefficient (Wildman–Crippen LogP) is 1.79. The third-order valence-corrected chi connectivity index (χ3v) is 5.27. The molecule has 0 N–H and O–H groups in total. The van der Waals surface area contributed by atoms with Crippen LogP contribution in [0.4, 0.5) is 0 Å². The quantitative estimate of drug-likeness (QED) is 0.835. The van der Waals surface area contributed by atoms with E-state index >= 15 is 0 Å². The summed E-state index contributed by atoms with van der Waals surface area (Å²) in [5, 5.41) is 0. The zero-order valence-electron chi connectivity index (χ0n) is 14.1. The minimum atomic E-state index is 0.0217. The molecule has 2 fully saturated rings. The summed E-state index contributed by atoms with van der Waals surface area (Å²) in [4.78, 5) is 33.1. The predicted molar refractivity (Wildman–Crippen MR) is 92.8 cm³/mol. The molecule has 0 aliphatic carbocycles. The molecule has 0 bridgehead atoms. The number of carbonyl (C=O) groups excluding carboxylic acids is 2. The van der Waals surface area contributed by atoms with Gasteiger partial charge in [-0.15, -0.1) is 0 Å². The Morgan fingerprint density at radius 3 is 2.76 bits per heavy atom. The number of benzene rings is 1. The van der Waals surface area contributed by atoms with Crippen molar-refractivity contribution in [2.45, 2.75) is 37.9 Å². The van der Waals surface area contributed by atoms with E-state index in [-0.39, 0.29) is 23.9 Å². The van der Waals surface area contributed by atoms with Gasteiger partial charge in [0, 0.05) is 44.0 Å². The molecule has 25 heavy (non-hydrogen) atoms. The maximum atomic E-state index is 12.8. The van der Waals surface area contributed by atoms with Crippen LogP contribution in [0.3, 0.4) is 0 Å². The molecular weight excluding hydrogens is 316 g/mol. The maximum Gasteiger partial charge on any atom is 0.254 e. The normalized spacial score (nSPS) is 22.5. The van der Waals surface area contributed by atoms with Gasteiger partial charge in [-0.25, -0.2) is 4.98 Å². The first-order chi connectivity index (χ1) is 12.2. The van der Waals surface area contributed by atoms with Crippen LogP contribution in [-0.2, 0) is 11.3 Å². The number of aromatic nitrogens is 2. The average Bonchev–Trinajstić information content (AvgIpc) is 3.34. The molecule has 0 spiro atoms. The summed E-state index contributed by atoms with van der Waals surface area (Å²) in [6.45, 7) is 2.33. The molecule has 130 valence electrons. The van der Waals surface area contributed by atoms with E-state index < -0.39 is 0 Å². The lowest BCUT2D eigenvalue weighted by atomic mass is 10.1. The lowest BCUT2D eigenvalue weighted by molar-refractivity contribution is -0.129. The molecule has 2 saturated heterocycles. The summed E-state index contributed by atoms with van der Waals surface area (Å²) in [5.74, 6) is 0.215. The van der Waals surface area contributed by atoms with Crippen LogP contribution in [-0.4, -0.2) is 56.3 Å². The first kappa shape index (κ1) is 15.9. The molecular formula is C19H22N4O2. The molecule has 6 heteroatoms. The van der Waals surface area contributed by atoms with E-state index in [2.05, 4.69) is 4.98 Å². The number of carbonyl (C=O) groups is 2. The van der Waals surface area contributed by atoms with E-state index in [1.807, 2.05) is 50.9 Å². The van der Waals surface area contributed by atoms with Gasteiger partial charge < -0.3 is 14.4 Å². The Morgan fingerprint density at radius 2 is 2.00 bits per heavy atom. The molecule has 3 heterocycles. The minimum Gasteiger partial charge on any atom is -0.337 e. The number of hydrogen-bond acceptors (Lipinski definition) is 3. The van der Waals surface area contributed by atoms with Crippen molar-refractivity contribution in [2.24, 2.45) is 0 Å². The topological polar surface area (TPSA) is 58.4 Å². The third kappa shape index (κ3) is 3.04. The number of aryl methyl sites for hydroxylation is 1. The fourth-order valence-electron chi connectivity index (χ4n) is 4.06. The van der Waals surface area contributed by atoms with Crippen molar-refractivity contribution in [3.8, 4) is 0 Å². The van der Waals surface area contributed by atoms with Gasteiger partial charge in [0.05, 0.1) is 18.4 Å². The molecule has 2 unspecified atom stereocenters. The third-order valence-electron chi connectivity index (χ3n) is 5.27. The van der Waals surface area contributed by atoms with Gasteiger partial charge in [-0.3, -0.25) is 9.59 Å². The van der Waals surface area contributed by atoms with Crippen LogP contribution >= 0.6 is 0 Å². The Balaban J connectivity index is 1.40. The van der Waals surface area contributed by atoms with Crippen LogP contribution in [0.25, 0.3) is 0 Å². The van der Waals surface area contributed by atoms with Gasteiger partial charge in [0.25, 0.3) is 5.91 Å². The molecule has 4 rings (SSSR count). The fraction of sp³-hybridized carbons (Fsp3) is 0.421. The Hall–Kier alpha value is -2.63. The molecule has 0 radical (unpaired) electrons. The highest BCUT2D eigenvalue weighted by molar-refractivity contribution is 5.95. The number of fused-ring (bicyclic) bond motifs is 1. The van der Waals surface area contributed by atoms with Crippen LogP contribution < -0.4 is 0 Å². The second-order valence-electron chi connectivity index (χ2n) is 6.73. The number of hydrogen-bond donors (Lipinski definition) is 0. The zero-order chi connectivity index (χ0) is 17.2. The SMILES string of the molecule is O=C1CC2C(CCN2C(=O)c2ccccc2)N1CCCn1ccnc1. The highest BCUT2D eigenvalue weighted by Gasteiger charge is 2.47. The minimum absolute atomic E-state index is 0.0217. The van der Waals surface area contributed by atoms with Crippen molar-refractivity contribution in [3.05, 3.63) is 54.6 Å². The molecule has 1 aromatic heterocycles. The molecule has 1 aromatic carbocycles. The largest absolute Gasteiger partial charge is 0.337 e. The summed E-state index contributed by atoms with van der Waals surface area (Å²) < 4.78 is 2.03. The number of rotatable bonds is 5. The second-order valence-corrected chi connectivity index (χ2v) is 6.73. The van der Waals surface area contributed by atoms with Crippen LogP contribution in [0.5, 0.6) is 0 Å². The number of likely N-dealkylation sites (tertiary alicyclic amines) is 2. The molecule has 2 aliphatic heterocycles. The van der Waals surface area contributed by atoms with Crippen LogP contribution in [0.1, 0.15) is 29.6 Å². The summed E-state index contributed by atoms with van der Waals surface area (Å²) in [5.41, 5.74) is 0.703. The van der Waals surface area contributed by atoms with Gasteiger partial charge >= 0.3 is 0 Å². The Kier molecular flexibility index (Phi) is 4.26. The molecule has 2 atom stereocenters. The monoisotopic (exact) mass is 338 g/mol. The molecule has 2 aliphatic rings. The highest BCUT2D eigenvalue weighted by Crippen LogP contribution is 2.33. The Bertz CT molecular complexity index is 744. The van der Waals surface area contributed by atoms with E-state index in [4.69, 9.17) is 0 Å². The van der Waals surface area contributed by atoms with Crippen molar-refractivity contribution in [1.29, 1.82) is 0 Å².